The van der Waals surface area contributed by atoms with Gasteiger partial charge in [0.05, 0.1) is 24.4 Å². The lowest BCUT2D eigenvalue weighted by Crippen LogP contribution is -2.32. The van der Waals surface area contributed by atoms with Gasteiger partial charge < -0.3 is 19.2 Å². The lowest BCUT2D eigenvalue weighted by molar-refractivity contribution is -0.0384. The Morgan fingerprint density at radius 3 is 2.80 bits per heavy atom. The zero-order valence-corrected chi connectivity index (χ0v) is 17.7. The molecule has 0 aliphatic carbocycles. The third-order valence-electron chi connectivity index (χ3n) is 4.88. The van der Waals surface area contributed by atoms with Gasteiger partial charge in [-0.3, -0.25) is 4.79 Å². The summed E-state index contributed by atoms with van der Waals surface area (Å²) in [5.74, 6) is -1.15. The van der Waals surface area contributed by atoms with E-state index in [1.165, 1.54) is 17.4 Å². The standard InChI is InChI=1S/C22H21NO6S/c1-4-27-21(26)17-14-10-22(2,3)28-11-16(14)30-19(17)23-18(24)13-9-12-7-5-6-8-15(12)29-20(13)25/h5-9H,4,10-11H2,1-3H3,(H,23,24). The van der Waals surface area contributed by atoms with Crippen LogP contribution in [0.15, 0.2) is 39.5 Å². The summed E-state index contributed by atoms with van der Waals surface area (Å²) in [6.07, 6.45) is 0.515. The number of fused-ring (bicyclic) bond motifs is 2. The zero-order valence-electron chi connectivity index (χ0n) is 16.9. The van der Waals surface area contributed by atoms with Crippen molar-refractivity contribution in [3.05, 3.63) is 62.3 Å². The van der Waals surface area contributed by atoms with Gasteiger partial charge in [-0.1, -0.05) is 18.2 Å². The number of amides is 1. The van der Waals surface area contributed by atoms with Crippen LogP contribution in [0.3, 0.4) is 0 Å². The quantitative estimate of drug-likeness (QED) is 0.497. The molecule has 2 aromatic heterocycles. The molecule has 7 nitrogen and oxygen atoms in total. The summed E-state index contributed by atoms with van der Waals surface area (Å²) in [7, 11) is 0. The van der Waals surface area contributed by atoms with Crippen molar-refractivity contribution in [2.75, 3.05) is 11.9 Å². The van der Waals surface area contributed by atoms with Crippen molar-refractivity contribution in [3.8, 4) is 0 Å². The molecular weight excluding hydrogens is 406 g/mol. The van der Waals surface area contributed by atoms with Crippen LogP contribution >= 0.6 is 11.3 Å². The Hall–Kier alpha value is -2.97. The Bertz CT molecular complexity index is 1210. The third kappa shape index (κ3) is 3.76. The molecule has 0 bridgehead atoms. The SMILES string of the molecule is CCOC(=O)c1c(NC(=O)c2cc3ccccc3oc2=O)sc2c1CC(C)(C)OC2. The van der Waals surface area contributed by atoms with Crippen LogP contribution in [0.25, 0.3) is 11.0 Å². The second kappa shape index (κ2) is 7.70. The number of rotatable bonds is 4. The summed E-state index contributed by atoms with van der Waals surface area (Å²) in [5.41, 5.74) is 0.233. The first-order valence-corrected chi connectivity index (χ1v) is 10.4. The molecule has 156 valence electrons. The van der Waals surface area contributed by atoms with E-state index in [-0.39, 0.29) is 12.2 Å². The van der Waals surface area contributed by atoms with E-state index in [2.05, 4.69) is 5.32 Å². The Balaban J connectivity index is 1.73. The van der Waals surface area contributed by atoms with Gasteiger partial charge in [-0.2, -0.15) is 0 Å². The minimum atomic E-state index is -0.741. The number of ether oxygens (including phenoxy) is 2. The molecule has 1 amide bonds. The van der Waals surface area contributed by atoms with Crippen molar-refractivity contribution >= 4 is 39.2 Å². The van der Waals surface area contributed by atoms with Gasteiger partial charge in [0, 0.05) is 16.7 Å². The smallest absolute Gasteiger partial charge is 0.349 e. The van der Waals surface area contributed by atoms with E-state index < -0.39 is 23.1 Å². The minimum Gasteiger partial charge on any atom is -0.462 e. The van der Waals surface area contributed by atoms with Gasteiger partial charge in [0.2, 0.25) is 0 Å². The van der Waals surface area contributed by atoms with Gasteiger partial charge in [0.15, 0.2) is 0 Å². The van der Waals surface area contributed by atoms with Gasteiger partial charge in [-0.25, -0.2) is 9.59 Å². The molecule has 0 radical (unpaired) electrons. The van der Waals surface area contributed by atoms with Gasteiger partial charge in [0.1, 0.15) is 16.1 Å². The van der Waals surface area contributed by atoms with Gasteiger partial charge >= 0.3 is 11.6 Å². The van der Waals surface area contributed by atoms with Gasteiger partial charge in [0.25, 0.3) is 5.91 Å². The first-order chi connectivity index (χ1) is 14.3. The number of carbonyl (C=O) groups is 2. The van der Waals surface area contributed by atoms with E-state index in [4.69, 9.17) is 13.9 Å². The first-order valence-electron chi connectivity index (χ1n) is 9.59. The summed E-state index contributed by atoms with van der Waals surface area (Å²) in [6, 6.07) is 8.43. The minimum absolute atomic E-state index is 0.133. The van der Waals surface area contributed by atoms with E-state index >= 15 is 0 Å². The van der Waals surface area contributed by atoms with Crippen LogP contribution < -0.4 is 10.9 Å². The maximum absolute atomic E-state index is 12.9. The van der Waals surface area contributed by atoms with Gasteiger partial charge in [-0.15, -0.1) is 11.3 Å². The molecule has 0 unspecified atom stereocenters. The summed E-state index contributed by atoms with van der Waals surface area (Å²) < 4.78 is 16.3. The summed E-state index contributed by atoms with van der Waals surface area (Å²) in [6.45, 7) is 6.17. The van der Waals surface area contributed by atoms with Crippen molar-refractivity contribution in [2.45, 2.75) is 39.4 Å². The first kappa shape index (κ1) is 20.3. The molecule has 0 fully saturated rings. The highest BCUT2D eigenvalue weighted by Crippen LogP contribution is 2.41. The number of nitrogens with one attached hydrogen (secondary N) is 1. The molecule has 3 aromatic rings. The van der Waals surface area contributed by atoms with Crippen molar-refractivity contribution in [3.63, 3.8) is 0 Å². The lowest BCUT2D eigenvalue weighted by Gasteiger charge is -2.30. The van der Waals surface area contributed by atoms with Crippen LogP contribution in [0.1, 0.15) is 51.9 Å². The number of thiophene rings is 1. The number of benzene rings is 1. The number of hydrogen-bond acceptors (Lipinski definition) is 7. The Kier molecular flexibility index (Phi) is 5.21. The van der Waals surface area contributed by atoms with E-state index in [0.717, 1.165) is 10.4 Å². The molecule has 3 heterocycles. The number of carbonyl (C=O) groups excluding carboxylic acids is 2. The fourth-order valence-corrected chi connectivity index (χ4v) is 4.57. The second-order valence-corrected chi connectivity index (χ2v) is 8.70. The number of esters is 1. The fraction of sp³-hybridized carbons (Fsp3) is 0.318. The summed E-state index contributed by atoms with van der Waals surface area (Å²) >= 11 is 1.26. The summed E-state index contributed by atoms with van der Waals surface area (Å²) in [4.78, 5) is 38.8. The average Bonchev–Trinajstić information content (AvgIpc) is 3.03. The van der Waals surface area contributed by atoms with Gasteiger partial charge in [-0.05, 0) is 38.5 Å². The highest BCUT2D eigenvalue weighted by molar-refractivity contribution is 7.17. The molecule has 1 aliphatic heterocycles. The van der Waals surface area contributed by atoms with Crippen molar-refractivity contribution in [2.24, 2.45) is 0 Å². The van der Waals surface area contributed by atoms with Crippen molar-refractivity contribution in [1.82, 2.24) is 0 Å². The Labute approximate surface area is 176 Å². The molecule has 4 rings (SSSR count). The van der Waals surface area contributed by atoms with Crippen LogP contribution in [-0.4, -0.2) is 24.1 Å². The third-order valence-corrected chi connectivity index (χ3v) is 6.00. The molecule has 1 aliphatic rings. The lowest BCUT2D eigenvalue weighted by atomic mass is 9.93. The number of hydrogen-bond donors (Lipinski definition) is 1. The highest BCUT2D eigenvalue weighted by atomic mass is 32.1. The normalized spacial score (nSPS) is 14.9. The fourth-order valence-electron chi connectivity index (χ4n) is 3.45. The van der Waals surface area contributed by atoms with Crippen LogP contribution in [-0.2, 0) is 22.5 Å². The van der Waals surface area contributed by atoms with Crippen LogP contribution in [0.2, 0.25) is 0 Å². The molecule has 0 spiro atoms. The second-order valence-electron chi connectivity index (χ2n) is 7.59. The largest absolute Gasteiger partial charge is 0.462 e. The maximum atomic E-state index is 12.9. The molecule has 30 heavy (non-hydrogen) atoms. The van der Waals surface area contributed by atoms with Crippen molar-refractivity contribution < 1.29 is 23.5 Å². The topological polar surface area (TPSA) is 94.8 Å². The van der Waals surface area contributed by atoms with E-state index in [9.17, 15) is 14.4 Å². The van der Waals surface area contributed by atoms with Crippen LogP contribution in [0.5, 0.6) is 0 Å². The molecular formula is C22H21NO6S. The average molecular weight is 427 g/mol. The maximum Gasteiger partial charge on any atom is 0.349 e. The monoisotopic (exact) mass is 427 g/mol. The van der Waals surface area contributed by atoms with E-state index in [0.29, 0.717) is 34.6 Å². The summed E-state index contributed by atoms with van der Waals surface area (Å²) in [5, 5.41) is 3.70. The predicted octanol–water partition coefficient (Wildman–Crippen LogP) is 4.13. The number of anilines is 1. The van der Waals surface area contributed by atoms with E-state index in [1.54, 1.807) is 31.2 Å². The molecule has 0 saturated heterocycles. The molecule has 0 atom stereocenters. The molecule has 1 N–H and O–H groups in total. The predicted molar refractivity (Wildman–Crippen MR) is 113 cm³/mol. The van der Waals surface area contributed by atoms with Crippen LogP contribution in [0.4, 0.5) is 5.00 Å². The van der Waals surface area contributed by atoms with E-state index in [1.807, 2.05) is 13.8 Å². The zero-order chi connectivity index (χ0) is 21.5. The molecule has 8 heteroatoms. The Morgan fingerprint density at radius 1 is 1.27 bits per heavy atom. The highest BCUT2D eigenvalue weighted by Gasteiger charge is 2.34. The van der Waals surface area contributed by atoms with Crippen molar-refractivity contribution in [1.29, 1.82) is 0 Å². The number of para-hydroxylation sites is 1. The molecule has 0 saturated carbocycles. The Morgan fingerprint density at radius 2 is 2.03 bits per heavy atom. The van der Waals surface area contributed by atoms with Crippen LogP contribution in [0, 0.1) is 0 Å². The molecule has 1 aromatic carbocycles.